The van der Waals surface area contributed by atoms with Crippen LogP contribution in [0.25, 0.3) is 4.83 Å². The zero-order valence-electron chi connectivity index (χ0n) is 6.33. The SMILES string of the molecule is Ic1nc(C2CC2)n2ccsc12. The van der Waals surface area contributed by atoms with E-state index in [1.807, 2.05) is 0 Å². The van der Waals surface area contributed by atoms with E-state index in [9.17, 15) is 0 Å². The second-order valence-electron chi connectivity index (χ2n) is 3.11. The summed E-state index contributed by atoms with van der Waals surface area (Å²) >= 11 is 4.09. The number of halogens is 1. The Balaban J connectivity index is 2.33. The number of thiazole rings is 1. The van der Waals surface area contributed by atoms with Gasteiger partial charge >= 0.3 is 0 Å². The standard InChI is InChI=1S/C8H7IN2S/c9-6-8-11(3-4-12-8)7(10-6)5-1-2-5/h3-5H,1-2H2. The zero-order chi connectivity index (χ0) is 8.13. The van der Waals surface area contributed by atoms with Crippen LogP contribution in [0.2, 0.25) is 0 Å². The van der Waals surface area contributed by atoms with Gasteiger partial charge in [0.05, 0.1) is 0 Å². The normalized spacial score (nSPS) is 17.4. The third-order valence-electron chi connectivity index (χ3n) is 2.19. The Bertz CT molecular complexity index is 427. The highest BCUT2D eigenvalue weighted by Gasteiger charge is 2.28. The van der Waals surface area contributed by atoms with Crippen molar-refractivity contribution in [2.45, 2.75) is 18.8 Å². The van der Waals surface area contributed by atoms with Crippen molar-refractivity contribution in [3.63, 3.8) is 0 Å². The van der Waals surface area contributed by atoms with Crippen LogP contribution in [0, 0.1) is 3.70 Å². The minimum Gasteiger partial charge on any atom is -0.293 e. The van der Waals surface area contributed by atoms with E-state index < -0.39 is 0 Å². The van der Waals surface area contributed by atoms with Crippen molar-refractivity contribution < 1.29 is 0 Å². The van der Waals surface area contributed by atoms with E-state index >= 15 is 0 Å². The molecule has 0 N–H and O–H groups in total. The van der Waals surface area contributed by atoms with Gasteiger partial charge in [0, 0.05) is 17.5 Å². The summed E-state index contributed by atoms with van der Waals surface area (Å²) in [5.41, 5.74) is 0. The van der Waals surface area contributed by atoms with Gasteiger partial charge in [-0.15, -0.1) is 11.3 Å². The van der Waals surface area contributed by atoms with E-state index in [-0.39, 0.29) is 0 Å². The lowest BCUT2D eigenvalue weighted by Gasteiger charge is -1.90. The fourth-order valence-corrected chi connectivity index (χ4v) is 3.05. The van der Waals surface area contributed by atoms with Gasteiger partial charge in [0.15, 0.2) is 0 Å². The average molecular weight is 290 g/mol. The summed E-state index contributed by atoms with van der Waals surface area (Å²) in [7, 11) is 0. The molecule has 0 spiro atoms. The summed E-state index contributed by atoms with van der Waals surface area (Å²) < 4.78 is 3.40. The average Bonchev–Trinajstić information content (AvgIpc) is 2.68. The van der Waals surface area contributed by atoms with Crippen LogP contribution in [-0.4, -0.2) is 9.38 Å². The highest BCUT2D eigenvalue weighted by Crippen LogP contribution is 2.40. The Hall–Kier alpha value is -0.100. The molecule has 0 unspecified atom stereocenters. The van der Waals surface area contributed by atoms with Gasteiger partial charge in [0.2, 0.25) is 0 Å². The number of hydrogen-bond donors (Lipinski definition) is 0. The molecule has 12 heavy (non-hydrogen) atoms. The van der Waals surface area contributed by atoms with Crippen LogP contribution in [0.15, 0.2) is 11.6 Å². The Morgan fingerprint density at radius 3 is 3.17 bits per heavy atom. The Morgan fingerprint density at radius 1 is 1.58 bits per heavy atom. The van der Waals surface area contributed by atoms with Gasteiger partial charge in [-0.05, 0) is 35.4 Å². The molecule has 0 aliphatic heterocycles. The number of aromatic nitrogens is 2. The fourth-order valence-electron chi connectivity index (χ4n) is 1.44. The van der Waals surface area contributed by atoms with Crippen molar-refractivity contribution >= 4 is 38.8 Å². The second-order valence-corrected chi connectivity index (χ2v) is 5.03. The Kier molecular flexibility index (Phi) is 1.49. The number of rotatable bonds is 1. The Labute approximate surface area is 87.8 Å². The monoisotopic (exact) mass is 290 g/mol. The van der Waals surface area contributed by atoms with Crippen molar-refractivity contribution in [3.8, 4) is 0 Å². The molecule has 2 nitrogen and oxygen atoms in total. The maximum Gasteiger partial charge on any atom is 0.137 e. The van der Waals surface area contributed by atoms with Crippen LogP contribution in [-0.2, 0) is 0 Å². The molecule has 0 aromatic carbocycles. The van der Waals surface area contributed by atoms with Crippen molar-refractivity contribution in [2.24, 2.45) is 0 Å². The lowest BCUT2D eigenvalue weighted by Crippen LogP contribution is -1.87. The van der Waals surface area contributed by atoms with Crippen molar-refractivity contribution in [2.75, 3.05) is 0 Å². The van der Waals surface area contributed by atoms with E-state index in [0.29, 0.717) is 0 Å². The molecule has 2 aromatic heterocycles. The summed E-state index contributed by atoms with van der Waals surface area (Å²) in [4.78, 5) is 5.88. The van der Waals surface area contributed by atoms with E-state index in [4.69, 9.17) is 0 Å². The quantitative estimate of drug-likeness (QED) is 0.738. The lowest BCUT2D eigenvalue weighted by molar-refractivity contribution is 0.923. The molecular formula is C8H7IN2S. The smallest absolute Gasteiger partial charge is 0.137 e. The Morgan fingerprint density at radius 2 is 2.42 bits per heavy atom. The summed E-state index contributed by atoms with van der Waals surface area (Å²) in [6.07, 6.45) is 4.78. The molecule has 0 bridgehead atoms. The van der Waals surface area contributed by atoms with Crippen LogP contribution >= 0.6 is 33.9 Å². The van der Waals surface area contributed by atoms with Gasteiger partial charge in [-0.25, -0.2) is 4.98 Å². The first kappa shape index (κ1) is 7.32. The van der Waals surface area contributed by atoms with Crippen LogP contribution in [0.5, 0.6) is 0 Å². The highest BCUT2D eigenvalue weighted by molar-refractivity contribution is 14.1. The summed E-state index contributed by atoms with van der Waals surface area (Å²) in [5, 5.41) is 2.13. The predicted octanol–water partition coefficient (Wildman–Crippen LogP) is 2.88. The fraction of sp³-hybridized carbons (Fsp3) is 0.375. The van der Waals surface area contributed by atoms with Gasteiger partial charge in [-0.3, -0.25) is 4.40 Å². The van der Waals surface area contributed by atoms with E-state index in [1.54, 1.807) is 11.3 Å². The number of nitrogens with zero attached hydrogens (tertiary/aromatic N) is 2. The predicted molar refractivity (Wildman–Crippen MR) is 57.8 cm³/mol. The highest BCUT2D eigenvalue weighted by atomic mass is 127. The number of fused-ring (bicyclic) bond motifs is 1. The van der Waals surface area contributed by atoms with E-state index in [1.165, 1.54) is 23.5 Å². The minimum absolute atomic E-state index is 0.746. The number of hydrogen-bond acceptors (Lipinski definition) is 2. The van der Waals surface area contributed by atoms with E-state index in [0.717, 1.165) is 9.62 Å². The topological polar surface area (TPSA) is 17.3 Å². The van der Waals surface area contributed by atoms with Gasteiger partial charge in [-0.1, -0.05) is 0 Å². The van der Waals surface area contributed by atoms with Crippen LogP contribution in [0.1, 0.15) is 24.6 Å². The van der Waals surface area contributed by atoms with Gasteiger partial charge in [-0.2, -0.15) is 0 Å². The molecule has 1 fully saturated rings. The molecule has 1 aliphatic rings. The third kappa shape index (κ3) is 0.939. The molecular weight excluding hydrogens is 283 g/mol. The summed E-state index contributed by atoms with van der Waals surface area (Å²) in [6.45, 7) is 0. The largest absolute Gasteiger partial charge is 0.293 e. The summed E-state index contributed by atoms with van der Waals surface area (Å²) in [6, 6.07) is 0. The molecule has 0 saturated heterocycles. The van der Waals surface area contributed by atoms with Crippen molar-refractivity contribution in [1.29, 1.82) is 0 Å². The maximum atomic E-state index is 4.57. The molecule has 2 heterocycles. The van der Waals surface area contributed by atoms with Crippen molar-refractivity contribution in [3.05, 3.63) is 21.1 Å². The van der Waals surface area contributed by atoms with Gasteiger partial charge in [0.25, 0.3) is 0 Å². The van der Waals surface area contributed by atoms with Crippen LogP contribution < -0.4 is 0 Å². The molecule has 62 valence electrons. The first-order chi connectivity index (χ1) is 5.86. The van der Waals surface area contributed by atoms with Gasteiger partial charge < -0.3 is 0 Å². The number of imidazole rings is 1. The minimum atomic E-state index is 0.746. The molecule has 1 aliphatic carbocycles. The molecule has 2 aromatic rings. The molecule has 3 rings (SSSR count). The first-order valence-electron chi connectivity index (χ1n) is 3.97. The first-order valence-corrected chi connectivity index (χ1v) is 5.93. The maximum absolute atomic E-state index is 4.57. The van der Waals surface area contributed by atoms with Gasteiger partial charge in [0.1, 0.15) is 14.4 Å². The third-order valence-corrected chi connectivity index (χ3v) is 4.18. The zero-order valence-corrected chi connectivity index (χ0v) is 9.30. The molecule has 0 amide bonds. The van der Waals surface area contributed by atoms with Crippen molar-refractivity contribution in [1.82, 2.24) is 9.38 Å². The van der Waals surface area contributed by atoms with E-state index in [2.05, 4.69) is 43.6 Å². The second kappa shape index (κ2) is 2.45. The molecule has 0 radical (unpaired) electrons. The molecule has 4 heteroatoms. The van der Waals surface area contributed by atoms with Crippen LogP contribution in [0.3, 0.4) is 0 Å². The van der Waals surface area contributed by atoms with Crippen LogP contribution in [0.4, 0.5) is 0 Å². The molecule has 1 saturated carbocycles. The molecule has 0 atom stereocenters. The summed E-state index contributed by atoms with van der Waals surface area (Å²) in [5.74, 6) is 2.02. The lowest BCUT2D eigenvalue weighted by atomic mass is 10.4.